The summed E-state index contributed by atoms with van der Waals surface area (Å²) in [5, 5.41) is 9.73. The fourth-order valence-electron chi connectivity index (χ4n) is 1.73. The van der Waals surface area contributed by atoms with Crippen molar-refractivity contribution in [3.8, 4) is 0 Å². The molecule has 0 aromatic carbocycles. The standard InChI is InChI=1S/C11H18O2/c1-11(13,9-12)10-7-5-3-2-4-6-8-10/h7,9,13H,2-6,8H2,1H3/b10-7+. The molecule has 0 bridgehead atoms. The fourth-order valence-corrected chi connectivity index (χ4v) is 1.73. The van der Waals surface area contributed by atoms with Crippen molar-refractivity contribution < 1.29 is 9.90 Å². The van der Waals surface area contributed by atoms with Gasteiger partial charge >= 0.3 is 0 Å². The maximum absolute atomic E-state index is 10.6. The minimum absolute atomic E-state index is 0.639. The first-order valence-electron chi connectivity index (χ1n) is 5.05. The Morgan fingerprint density at radius 3 is 2.77 bits per heavy atom. The Hall–Kier alpha value is -0.630. The van der Waals surface area contributed by atoms with Gasteiger partial charge < -0.3 is 5.11 Å². The zero-order chi connectivity index (χ0) is 9.73. The highest BCUT2D eigenvalue weighted by atomic mass is 16.3. The highest BCUT2D eigenvalue weighted by molar-refractivity contribution is 5.67. The summed E-state index contributed by atoms with van der Waals surface area (Å²) in [6.45, 7) is 1.58. The van der Waals surface area contributed by atoms with Gasteiger partial charge in [0.25, 0.3) is 0 Å². The van der Waals surface area contributed by atoms with Crippen molar-refractivity contribution in [2.75, 3.05) is 0 Å². The van der Waals surface area contributed by atoms with E-state index in [1.807, 2.05) is 6.08 Å². The van der Waals surface area contributed by atoms with Gasteiger partial charge in [-0.2, -0.15) is 0 Å². The number of aldehydes is 1. The van der Waals surface area contributed by atoms with E-state index < -0.39 is 5.60 Å². The molecule has 0 fully saturated rings. The lowest BCUT2D eigenvalue weighted by Crippen LogP contribution is -2.29. The van der Waals surface area contributed by atoms with Crippen LogP contribution in [0, 0.1) is 0 Å². The van der Waals surface area contributed by atoms with Gasteiger partial charge in [0, 0.05) is 0 Å². The second-order valence-corrected chi connectivity index (χ2v) is 3.95. The average Bonchev–Trinajstić information content (AvgIpc) is 2.03. The zero-order valence-electron chi connectivity index (χ0n) is 8.25. The third-order valence-electron chi connectivity index (χ3n) is 2.67. The number of carbonyl (C=O) groups is 1. The van der Waals surface area contributed by atoms with Gasteiger partial charge in [-0.05, 0) is 38.2 Å². The zero-order valence-corrected chi connectivity index (χ0v) is 8.25. The van der Waals surface area contributed by atoms with E-state index in [2.05, 4.69) is 0 Å². The molecule has 1 N–H and O–H groups in total. The lowest BCUT2D eigenvalue weighted by atomic mass is 9.89. The van der Waals surface area contributed by atoms with Crippen molar-refractivity contribution in [1.29, 1.82) is 0 Å². The Morgan fingerprint density at radius 1 is 1.38 bits per heavy atom. The van der Waals surface area contributed by atoms with E-state index >= 15 is 0 Å². The quantitative estimate of drug-likeness (QED) is 0.525. The maximum atomic E-state index is 10.6. The summed E-state index contributed by atoms with van der Waals surface area (Å²) in [4.78, 5) is 10.6. The van der Waals surface area contributed by atoms with Crippen LogP contribution < -0.4 is 0 Å². The highest BCUT2D eigenvalue weighted by Crippen LogP contribution is 2.24. The van der Waals surface area contributed by atoms with Crippen LogP contribution in [0.25, 0.3) is 0 Å². The maximum Gasteiger partial charge on any atom is 0.155 e. The molecule has 74 valence electrons. The third kappa shape index (κ3) is 2.96. The van der Waals surface area contributed by atoms with Crippen LogP contribution in [0.3, 0.4) is 0 Å². The van der Waals surface area contributed by atoms with Gasteiger partial charge in [-0.3, -0.25) is 4.79 Å². The first-order chi connectivity index (χ1) is 6.17. The number of carbonyl (C=O) groups excluding carboxylic acids is 1. The van der Waals surface area contributed by atoms with Gasteiger partial charge in [0.1, 0.15) is 5.60 Å². The molecule has 13 heavy (non-hydrogen) atoms. The molecule has 0 aliphatic heterocycles. The Balaban J connectivity index is 2.69. The van der Waals surface area contributed by atoms with Crippen LogP contribution in [0.15, 0.2) is 11.6 Å². The second kappa shape index (κ2) is 4.56. The topological polar surface area (TPSA) is 37.3 Å². The van der Waals surface area contributed by atoms with E-state index in [1.165, 1.54) is 19.3 Å². The van der Waals surface area contributed by atoms with Crippen molar-refractivity contribution in [3.63, 3.8) is 0 Å². The summed E-state index contributed by atoms with van der Waals surface area (Å²) >= 11 is 0. The largest absolute Gasteiger partial charge is 0.378 e. The molecule has 0 amide bonds. The molecule has 0 saturated carbocycles. The van der Waals surface area contributed by atoms with Crippen molar-refractivity contribution >= 4 is 6.29 Å². The van der Waals surface area contributed by atoms with Crippen LogP contribution in [0.5, 0.6) is 0 Å². The molecule has 1 aliphatic carbocycles. The smallest absolute Gasteiger partial charge is 0.155 e. The van der Waals surface area contributed by atoms with E-state index in [-0.39, 0.29) is 0 Å². The molecule has 1 unspecified atom stereocenters. The average molecular weight is 182 g/mol. The lowest BCUT2D eigenvalue weighted by molar-refractivity contribution is -0.119. The Bertz CT molecular complexity index is 204. The van der Waals surface area contributed by atoms with E-state index in [4.69, 9.17) is 0 Å². The van der Waals surface area contributed by atoms with Crippen LogP contribution in [-0.2, 0) is 4.79 Å². The fraction of sp³-hybridized carbons (Fsp3) is 0.727. The molecule has 0 aromatic heterocycles. The van der Waals surface area contributed by atoms with E-state index in [0.717, 1.165) is 24.8 Å². The molecular formula is C11H18O2. The summed E-state index contributed by atoms with van der Waals surface area (Å²) in [5.41, 5.74) is -0.320. The minimum atomic E-state index is -1.22. The van der Waals surface area contributed by atoms with Crippen molar-refractivity contribution in [2.45, 2.75) is 51.0 Å². The van der Waals surface area contributed by atoms with Gasteiger partial charge in [0.05, 0.1) is 0 Å². The number of rotatable bonds is 2. The number of aliphatic hydroxyl groups is 1. The third-order valence-corrected chi connectivity index (χ3v) is 2.67. The molecule has 0 saturated heterocycles. The van der Waals surface area contributed by atoms with E-state index in [9.17, 15) is 9.90 Å². The van der Waals surface area contributed by atoms with E-state index in [0.29, 0.717) is 6.29 Å². The normalized spacial score (nSPS) is 27.7. The summed E-state index contributed by atoms with van der Waals surface area (Å²) in [6, 6.07) is 0. The second-order valence-electron chi connectivity index (χ2n) is 3.95. The molecule has 0 spiro atoms. The molecule has 0 radical (unpaired) electrons. The molecular weight excluding hydrogens is 164 g/mol. The van der Waals surface area contributed by atoms with Crippen LogP contribution in [0.4, 0.5) is 0 Å². The predicted molar refractivity (Wildman–Crippen MR) is 52.5 cm³/mol. The molecule has 1 atom stereocenters. The Morgan fingerprint density at radius 2 is 2.08 bits per heavy atom. The van der Waals surface area contributed by atoms with Gasteiger partial charge in [0.2, 0.25) is 0 Å². The van der Waals surface area contributed by atoms with Gasteiger partial charge in [0.15, 0.2) is 6.29 Å². The molecule has 1 rings (SSSR count). The number of hydrogen-bond acceptors (Lipinski definition) is 2. The van der Waals surface area contributed by atoms with Gasteiger partial charge in [-0.1, -0.05) is 18.9 Å². The van der Waals surface area contributed by atoms with Crippen molar-refractivity contribution in [1.82, 2.24) is 0 Å². The van der Waals surface area contributed by atoms with Gasteiger partial charge in [-0.25, -0.2) is 0 Å². The predicted octanol–water partition coefficient (Wildman–Crippen LogP) is 2.22. The lowest BCUT2D eigenvalue weighted by Gasteiger charge is -2.21. The molecule has 0 heterocycles. The SMILES string of the molecule is CC(O)(C=O)/C1=C/CCCCCC1. The minimum Gasteiger partial charge on any atom is -0.378 e. The monoisotopic (exact) mass is 182 g/mol. The Kier molecular flexibility index (Phi) is 3.67. The molecule has 2 nitrogen and oxygen atoms in total. The summed E-state index contributed by atoms with van der Waals surface area (Å²) in [7, 11) is 0. The van der Waals surface area contributed by atoms with Crippen LogP contribution in [0.2, 0.25) is 0 Å². The first-order valence-corrected chi connectivity index (χ1v) is 5.05. The van der Waals surface area contributed by atoms with E-state index in [1.54, 1.807) is 6.92 Å². The van der Waals surface area contributed by atoms with Crippen LogP contribution in [0.1, 0.15) is 45.4 Å². The van der Waals surface area contributed by atoms with Crippen LogP contribution in [-0.4, -0.2) is 17.0 Å². The number of hydrogen-bond donors (Lipinski definition) is 1. The Labute approximate surface area is 79.6 Å². The number of allylic oxidation sites excluding steroid dienone is 1. The summed E-state index contributed by atoms with van der Waals surface area (Å²) in [6.07, 6.45) is 9.30. The molecule has 0 aromatic rings. The van der Waals surface area contributed by atoms with Gasteiger partial charge in [-0.15, -0.1) is 0 Å². The first kappa shape index (κ1) is 10.5. The molecule has 1 aliphatic rings. The molecule has 2 heteroatoms. The summed E-state index contributed by atoms with van der Waals surface area (Å²) in [5.74, 6) is 0. The van der Waals surface area contributed by atoms with Crippen molar-refractivity contribution in [2.24, 2.45) is 0 Å². The summed E-state index contributed by atoms with van der Waals surface area (Å²) < 4.78 is 0. The van der Waals surface area contributed by atoms with Crippen LogP contribution >= 0.6 is 0 Å². The highest BCUT2D eigenvalue weighted by Gasteiger charge is 2.24. The van der Waals surface area contributed by atoms with Crippen molar-refractivity contribution in [3.05, 3.63) is 11.6 Å².